The number of pyridine rings is 1. The van der Waals surface area contributed by atoms with Crippen LogP contribution >= 0.6 is 0 Å². The molecule has 0 spiro atoms. The van der Waals surface area contributed by atoms with Crippen molar-refractivity contribution in [1.82, 2.24) is 14.8 Å². The quantitative estimate of drug-likeness (QED) is 0.779. The Bertz CT molecular complexity index is 377. The molecule has 0 radical (unpaired) electrons. The van der Waals surface area contributed by atoms with Crippen molar-refractivity contribution in [3.8, 4) is 0 Å². The number of morpholine rings is 1. The second-order valence-electron chi connectivity index (χ2n) is 4.42. The molecule has 5 heteroatoms. The first-order valence-electron chi connectivity index (χ1n) is 6.23. The molecule has 0 aromatic carbocycles. The summed E-state index contributed by atoms with van der Waals surface area (Å²) < 4.78 is 5.29. The molecule has 0 atom stereocenters. The molecule has 98 valence electrons. The molecule has 1 saturated heterocycles. The molecule has 1 aromatic rings. The third-order valence-electron chi connectivity index (χ3n) is 3.11. The van der Waals surface area contributed by atoms with Crippen LogP contribution in [0.4, 0.5) is 0 Å². The van der Waals surface area contributed by atoms with Crippen LogP contribution < -0.4 is 0 Å². The van der Waals surface area contributed by atoms with Crippen molar-refractivity contribution in [2.75, 3.05) is 46.4 Å². The predicted molar refractivity (Wildman–Crippen MR) is 68.5 cm³/mol. The fourth-order valence-electron chi connectivity index (χ4n) is 1.93. The van der Waals surface area contributed by atoms with Crippen molar-refractivity contribution < 1.29 is 9.53 Å². The smallest absolute Gasteiger partial charge is 0.255 e. The van der Waals surface area contributed by atoms with Crippen LogP contribution in [0.1, 0.15) is 10.4 Å². The number of amides is 1. The molecule has 2 heterocycles. The van der Waals surface area contributed by atoms with Gasteiger partial charge in [0.15, 0.2) is 0 Å². The Morgan fingerprint density at radius 3 is 2.94 bits per heavy atom. The number of aromatic nitrogens is 1. The van der Waals surface area contributed by atoms with Crippen molar-refractivity contribution in [3.05, 3.63) is 30.1 Å². The predicted octanol–water partition coefficient (Wildman–Crippen LogP) is 0.486. The van der Waals surface area contributed by atoms with Gasteiger partial charge in [-0.15, -0.1) is 0 Å². The minimum atomic E-state index is 0.0244. The van der Waals surface area contributed by atoms with E-state index >= 15 is 0 Å². The molecule has 0 unspecified atom stereocenters. The first-order chi connectivity index (χ1) is 8.77. The van der Waals surface area contributed by atoms with E-state index in [2.05, 4.69) is 9.88 Å². The maximum Gasteiger partial charge on any atom is 0.255 e. The highest BCUT2D eigenvalue weighted by molar-refractivity contribution is 5.93. The fraction of sp³-hybridized carbons (Fsp3) is 0.538. The summed E-state index contributed by atoms with van der Waals surface area (Å²) in [5.74, 6) is 0.0244. The van der Waals surface area contributed by atoms with E-state index in [0.29, 0.717) is 5.56 Å². The third-order valence-corrected chi connectivity index (χ3v) is 3.11. The van der Waals surface area contributed by atoms with Crippen molar-refractivity contribution in [1.29, 1.82) is 0 Å². The van der Waals surface area contributed by atoms with Crippen molar-refractivity contribution in [3.63, 3.8) is 0 Å². The molecule has 5 nitrogen and oxygen atoms in total. The summed E-state index contributed by atoms with van der Waals surface area (Å²) in [6, 6.07) is 3.57. The van der Waals surface area contributed by atoms with E-state index in [9.17, 15) is 4.79 Å². The number of carbonyl (C=O) groups is 1. The molecule has 0 N–H and O–H groups in total. The molecule has 0 bridgehead atoms. The van der Waals surface area contributed by atoms with Crippen LogP contribution in [0.15, 0.2) is 24.5 Å². The van der Waals surface area contributed by atoms with Crippen LogP contribution in [0.2, 0.25) is 0 Å². The highest BCUT2D eigenvalue weighted by atomic mass is 16.5. The summed E-state index contributed by atoms with van der Waals surface area (Å²) in [6.45, 7) is 5.12. The Balaban J connectivity index is 1.80. The summed E-state index contributed by atoms with van der Waals surface area (Å²) in [6.07, 6.45) is 3.28. The van der Waals surface area contributed by atoms with Gasteiger partial charge in [0.25, 0.3) is 5.91 Å². The normalized spacial score (nSPS) is 16.5. The van der Waals surface area contributed by atoms with Gasteiger partial charge in [-0.1, -0.05) is 0 Å². The van der Waals surface area contributed by atoms with E-state index in [0.717, 1.165) is 39.4 Å². The average Bonchev–Trinajstić information content (AvgIpc) is 2.46. The first kappa shape index (κ1) is 13.0. The van der Waals surface area contributed by atoms with Gasteiger partial charge < -0.3 is 9.64 Å². The highest BCUT2D eigenvalue weighted by Gasteiger charge is 2.14. The lowest BCUT2D eigenvalue weighted by atomic mass is 10.2. The molecule has 1 aliphatic heterocycles. The Labute approximate surface area is 107 Å². The van der Waals surface area contributed by atoms with E-state index in [4.69, 9.17) is 4.74 Å². The number of rotatable bonds is 4. The summed E-state index contributed by atoms with van der Waals surface area (Å²) in [7, 11) is 1.83. The van der Waals surface area contributed by atoms with Crippen LogP contribution in [-0.4, -0.2) is 67.1 Å². The molecular formula is C13H19N3O2. The number of hydrogen-bond donors (Lipinski definition) is 0. The topological polar surface area (TPSA) is 45.7 Å². The summed E-state index contributed by atoms with van der Waals surface area (Å²) in [5.41, 5.74) is 0.641. The van der Waals surface area contributed by atoms with E-state index in [-0.39, 0.29) is 5.91 Å². The fourth-order valence-corrected chi connectivity index (χ4v) is 1.93. The second-order valence-corrected chi connectivity index (χ2v) is 4.42. The first-order valence-corrected chi connectivity index (χ1v) is 6.23. The Morgan fingerprint density at radius 1 is 1.50 bits per heavy atom. The number of nitrogens with zero attached hydrogens (tertiary/aromatic N) is 3. The second kappa shape index (κ2) is 6.47. The highest BCUT2D eigenvalue weighted by Crippen LogP contribution is 2.02. The van der Waals surface area contributed by atoms with Crippen LogP contribution in [-0.2, 0) is 4.74 Å². The van der Waals surface area contributed by atoms with Crippen LogP contribution in [0, 0.1) is 0 Å². The number of ether oxygens (including phenoxy) is 1. The molecule has 2 rings (SSSR count). The Kier molecular flexibility index (Phi) is 4.66. The van der Waals surface area contributed by atoms with Gasteiger partial charge in [-0.05, 0) is 12.1 Å². The van der Waals surface area contributed by atoms with E-state index in [1.54, 1.807) is 29.4 Å². The van der Waals surface area contributed by atoms with E-state index < -0.39 is 0 Å². The minimum Gasteiger partial charge on any atom is -0.379 e. The van der Waals surface area contributed by atoms with Crippen LogP contribution in [0.5, 0.6) is 0 Å². The summed E-state index contributed by atoms with van der Waals surface area (Å²) >= 11 is 0. The number of carbonyl (C=O) groups excluding carboxylic acids is 1. The van der Waals surface area contributed by atoms with E-state index in [1.807, 2.05) is 7.05 Å². The van der Waals surface area contributed by atoms with Gasteiger partial charge in [0.2, 0.25) is 0 Å². The SMILES string of the molecule is CN(CCN1CCOCC1)C(=O)c1cccnc1. The van der Waals surface area contributed by atoms with Gasteiger partial charge in [-0.2, -0.15) is 0 Å². The molecular weight excluding hydrogens is 230 g/mol. The van der Waals surface area contributed by atoms with Gasteiger partial charge in [-0.25, -0.2) is 0 Å². The van der Waals surface area contributed by atoms with Crippen molar-refractivity contribution in [2.24, 2.45) is 0 Å². The maximum atomic E-state index is 12.1. The number of likely N-dealkylation sites (N-methyl/N-ethyl adjacent to an activating group) is 1. The molecule has 1 amide bonds. The lowest BCUT2D eigenvalue weighted by Gasteiger charge is -2.28. The molecule has 1 fully saturated rings. The lowest BCUT2D eigenvalue weighted by molar-refractivity contribution is 0.0338. The molecule has 1 aromatic heterocycles. The van der Waals surface area contributed by atoms with Crippen LogP contribution in [0.3, 0.4) is 0 Å². The average molecular weight is 249 g/mol. The Hall–Kier alpha value is -1.46. The molecule has 0 aliphatic carbocycles. The zero-order chi connectivity index (χ0) is 12.8. The minimum absolute atomic E-state index is 0.0244. The van der Waals surface area contributed by atoms with E-state index in [1.165, 1.54) is 0 Å². The monoisotopic (exact) mass is 249 g/mol. The zero-order valence-corrected chi connectivity index (χ0v) is 10.7. The summed E-state index contributed by atoms with van der Waals surface area (Å²) in [4.78, 5) is 20.1. The molecule has 0 saturated carbocycles. The largest absolute Gasteiger partial charge is 0.379 e. The van der Waals surface area contributed by atoms with Gasteiger partial charge in [0.1, 0.15) is 0 Å². The van der Waals surface area contributed by atoms with Gasteiger partial charge in [0.05, 0.1) is 18.8 Å². The molecule has 18 heavy (non-hydrogen) atoms. The van der Waals surface area contributed by atoms with Crippen LogP contribution in [0.25, 0.3) is 0 Å². The number of hydrogen-bond acceptors (Lipinski definition) is 4. The summed E-state index contributed by atoms with van der Waals surface area (Å²) in [5, 5.41) is 0. The van der Waals surface area contributed by atoms with Gasteiger partial charge >= 0.3 is 0 Å². The third kappa shape index (κ3) is 3.51. The lowest BCUT2D eigenvalue weighted by Crippen LogP contribution is -2.41. The Morgan fingerprint density at radius 2 is 2.28 bits per heavy atom. The molecule has 1 aliphatic rings. The standard InChI is InChI=1S/C13H19N3O2/c1-15(5-6-16-7-9-18-10-8-16)13(17)12-3-2-4-14-11-12/h2-4,11H,5-10H2,1H3. The zero-order valence-electron chi connectivity index (χ0n) is 10.7. The maximum absolute atomic E-state index is 12.1. The van der Waals surface area contributed by atoms with Crippen molar-refractivity contribution in [2.45, 2.75) is 0 Å². The van der Waals surface area contributed by atoms with Gasteiger partial charge in [-0.3, -0.25) is 14.7 Å². The van der Waals surface area contributed by atoms with Gasteiger partial charge in [0, 0.05) is 45.6 Å². The van der Waals surface area contributed by atoms with Crippen molar-refractivity contribution >= 4 is 5.91 Å².